The van der Waals surface area contributed by atoms with Gasteiger partial charge in [0.15, 0.2) is 0 Å². The van der Waals surface area contributed by atoms with Crippen molar-refractivity contribution in [2.45, 2.75) is 31.4 Å². The van der Waals surface area contributed by atoms with E-state index in [4.69, 9.17) is 5.11 Å². The number of hydrogen-bond donors (Lipinski definition) is 2. The molecule has 2 atom stereocenters. The van der Waals surface area contributed by atoms with Gasteiger partial charge in [0.25, 0.3) is 0 Å². The summed E-state index contributed by atoms with van der Waals surface area (Å²) in [4.78, 5) is 28.5. The largest absolute Gasteiger partial charge is 0.480 e. The van der Waals surface area contributed by atoms with Gasteiger partial charge in [0, 0.05) is 33.1 Å². The number of likely N-dealkylation sites (N-methyl/N-ethyl adjacent to an activating group) is 1. The number of aliphatic hydroxyl groups excluding tert-OH is 1. The Kier molecular flexibility index (Phi) is 4.82. The Morgan fingerprint density at radius 1 is 1.30 bits per heavy atom. The van der Waals surface area contributed by atoms with E-state index in [9.17, 15) is 14.7 Å². The van der Waals surface area contributed by atoms with Crippen LogP contribution in [0.3, 0.4) is 0 Å². The van der Waals surface area contributed by atoms with E-state index in [1.165, 1.54) is 17.7 Å². The zero-order valence-electron chi connectivity index (χ0n) is 11.9. The van der Waals surface area contributed by atoms with Gasteiger partial charge in [-0.3, -0.25) is 0 Å². The first-order chi connectivity index (χ1) is 9.49. The van der Waals surface area contributed by atoms with Crippen LogP contribution in [0.1, 0.15) is 19.3 Å². The number of urea groups is 1. The zero-order valence-corrected chi connectivity index (χ0v) is 11.9. The Hall–Kier alpha value is -1.34. The molecule has 0 unspecified atom stereocenters. The molecule has 0 radical (unpaired) electrons. The quantitative estimate of drug-likeness (QED) is 0.738. The van der Waals surface area contributed by atoms with Gasteiger partial charge in [-0.25, -0.2) is 9.59 Å². The Balaban J connectivity index is 1.86. The van der Waals surface area contributed by atoms with Crippen LogP contribution in [0.25, 0.3) is 0 Å². The molecule has 2 aliphatic heterocycles. The Morgan fingerprint density at radius 3 is 2.55 bits per heavy atom. The van der Waals surface area contributed by atoms with Crippen LogP contribution < -0.4 is 0 Å². The van der Waals surface area contributed by atoms with Gasteiger partial charge in [-0.15, -0.1) is 0 Å². The fraction of sp³-hybridized carbons (Fsp3) is 0.846. The van der Waals surface area contributed by atoms with E-state index >= 15 is 0 Å². The number of nitrogens with zero attached hydrogens (tertiary/aromatic N) is 3. The van der Waals surface area contributed by atoms with Crippen LogP contribution in [0.2, 0.25) is 0 Å². The predicted octanol–water partition coefficient (Wildman–Crippen LogP) is -0.346. The number of amides is 2. The topological polar surface area (TPSA) is 84.3 Å². The zero-order chi connectivity index (χ0) is 14.7. The minimum absolute atomic E-state index is 0.101. The minimum Gasteiger partial charge on any atom is -0.480 e. The molecule has 7 nitrogen and oxygen atoms in total. The smallest absolute Gasteiger partial charge is 0.326 e. The molecular formula is C13H23N3O4. The number of carboxylic acid groups (broad SMARTS) is 1. The molecule has 0 bridgehead atoms. The average molecular weight is 285 g/mol. The van der Waals surface area contributed by atoms with Crippen molar-refractivity contribution in [3.63, 3.8) is 0 Å². The van der Waals surface area contributed by atoms with E-state index in [1.807, 2.05) is 0 Å². The summed E-state index contributed by atoms with van der Waals surface area (Å²) in [6.07, 6.45) is 1.78. The summed E-state index contributed by atoms with van der Waals surface area (Å²) in [5.41, 5.74) is 0. The molecule has 2 fully saturated rings. The highest BCUT2D eigenvalue weighted by Crippen LogP contribution is 2.19. The number of aliphatic hydroxyl groups is 1. The SMILES string of the molecule is CN(CCN1CCCC1)C(=O)N1C[C@@H](O)C[C@H]1C(=O)O. The summed E-state index contributed by atoms with van der Waals surface area (Å²) in [5, 5.41) is 18.7. The van der Waals surface area contributed by atoms with E-state index in [2.05, 4.69) is 4.90 Å². The molecule has 7 heteroatoms. The summed E-state index contributed by atoms with van der Waals surface area (Å²) >= 11 is 0. The Morgan fingerprint density at radius 2 is 1.95 bits per heavy atom. The second-order valence-electron chi connectivity index (χ2n) is 5.65. The first-order valence-corrected chi connectivity index (χ1v) is 7.14. The molecule has 0 spiro atoms. The Labute approximate surface area is 118 Å². The van der Waals surface area contributed by atoms with E-state index in [0.717, 1.165) is 19.6 Å². The Bertz CT molecular complexity index is 371. The maximum absolute atomic E-state index is 12.3. The first-order valence-electron chi connectivity index (χ1n) is 7.14. The fourth-order valence-electron chi connectivity index (χ4n) is 2.87. The van der Waals surface area contributed by atoms with Crippen molar-refractivity contribution in [2.24, 2.45) is 0 Å². The normalized spacial score (nSPS) is 27.0. The van der Waals surface area contributed by atoms with Crippen LogP contribution in [0, 0.1) is 0 Å². The average Bonchev–Trinajstić information content (AvgIpc) is 3.03. The molecule has 2 heterocycles. The fourth-order valence-corrected chi connectivity index (χ4v) is 2.87. The highest BCUT2D eigenvalue weighted by Gasteiger charge is 2.40. The highest BCUT2D eigenvalue weighted by molar-refractivity contribution is 5.83. The van der Waals surface area contributed by atoms with Gasteiger partial charge in [-0.2, -0.15) is 0 Å². The second kappa shape index (κ2) is 6.41. The maximum atomic E-state index is 12.3. The van der Waals surface area contributed by atoms with Crippen LogP contribution in [0.4, 0.5) is 4.79 Å². The summed E-state index contributed by atoms with van der Waals surface area (Å²) in [5.74, 6) is -1.05. The van der Waals surface area contributed by atoms with Crippen molar-refractivity contribution in [2.75, 3.05) is 39.8 Å². The summed E-state index contributed by atoms with van der Waals surface area (Å²) in [6, 6.07) is -1.22. The number of carboxylic acids is 1. The highest BCUT2D eigenvalue weighted by atomic mass is 16.4. The molecule has 2 N–H and O–H groups in total. The minimum atomic E-state index is -1.05. The van der Waals surface area contributed by atoms with Gasteiger partial charge in [0.2, 0.25) is 0 Å². The first kappa shape index (κ1) is 15.1. The van der Waals surface area contributed by atoms with Crippen LogP contribution in [-0.2, 0) is 4.79 Å². The maximum Gasteiger partial charge on any atom is 0.326 e. The molecular weight excluding hydrogens is 262 g/mol. The van der Waals surface area contributed by atoms with Gasteiger partial charge in [-0.05, 0) is 25.9 Å². The van der Waals surface area contributed by atoms with Gasteiger partial charge >= 0.3 is 12.0 Å². The van der Waals surface area contributed by atoms with Crippen molar-refractivity contribution in [1.82, 2.24) is 14.7 Å². The van der Waals surface area contributed by atoms with E-state index in [1.54, 1.807) is 11.9 Å². The number of β-amino-alcohol motifs (C(OH)–C–C–N with tert-alkyl or cyclic N) is 1. The molecule has 0 aliphatic carbocycles. The number of likely N-dealkylation sites (tertiary alicyclic amines) is 2. The number of carbonyl (C=O) groups excluding carboxylic acids is 1. The second-order valence-corrected chi connectivity index (χ2v) is 5.65. The van der Waals surface area contributed by atoms with Gasteiger partial charge < -0.3 is 24.9 Å². The van der Waals surface area contributed by atoms with Crippen molar-refractivity contribution in [1.29, 1.82) is 0 Å². The van der Waals surface area contributed by atoms with Crippen molar-refractivity contribution < 1.29 is 19.8 Å². The van der Waals surface area contributed by atoms with Crippen LogP contribution in [0.15, 0.2) is 0 Å². The molecule has 2 aliphatic rings. The molecule has 20 heavy (non-hydrogen) atoms. The predicted molar refractivity (Wildman–Crippen MR) is 72.5 cm³/mol. The van der Waals surface area contributed by atoms with Crippen LogP contribution in [0.5, 0.6) is 0 Å². The van der Waals surface area contributed by atoms with Crippen molar-refractivity contribution in [3.8, 4) is 0 Å². The van der Waals surface area contributed by atoms with E-state index in [0.29, 0.717) is 6.54 Å². The summed E-state index contributed by atoms with van der Waals surface area (Å²) in [6.45, 7) is 3.64. The monoisotopic (exact) mass is 285 g/mol. The third kappa shape index (κ3) is 3.40. The third-order valence-corrected chi connectivity index (χ3v) is 4.09. The summed E-state index contributed by atoms with van der Waals surface area (Å²) < 4.78 is 0. The molecule has 114 valence electrons. The number of aliphatic carboxylic acids is 1. The standard InChI is InChI=1S/C13H23N3O4/c1-14(6-7-15-4-2-3-5-15)13(20)16-9-10(17)8-11(16)12(18)19/h10-11,17H,2-9H2,1H3,(H,18,19)/t10-,11-/m0/s1. The van der Waals surface area contributed by atoms with Crippen LogP contribution in [-0.4, -0.2) is 88.8 Å². The lowest BCUT2D eigenvalue weighted by molar-refractivity contribution is -0.141. The number of hydrogen-bond acceptors (Lipinski definition) is 4. The molecule has 2 rings (SSSR count). The molecule has 0 aromatic heterocycles. The van der Waals surface area contributed by atoms with E-state index < -0.39 is 18.1 Å². The van der Waals surface area contributed by atoms with Gasteiger partial charge in [0.1, 0.15) is 6.04 Å². The summed E-state index contributed by atoms with van der Waals surface area (Å²) in [7, 11) is 1.68. The molecule has 2 saturated heterocycles. The molecule has 0 saturated carbocycles. The third-order valence-electron chi connectivity index (χ3n) is 4.09. The number of rotatable bonds is 4. The van der Waals surface area contributed by atoms with E-state index in [-0.39, 0.29) is 19.0 Å². The number of carbonyl (C=O) groups is 2. The molecule has 0 aromatic rings. The van der Waals surface area contributed by atoms with Crippen molar-refractivity contribution >= 4 is 12.0 Å². The molecule has 0 aromatic carbocycles. The van der Waals surface area contributed by atoms with Gasteiger partial charge in [0.05, 0.1) is 6.10 Å². The lowest BCUT2D eigenvalue weighted by atomic mass is 10.2. The lowest BCUT2D eigenvalue weighted by Gasteiger charge is -2.28. The molecule has 2 amide bonds. The van der Waals surface area contributed by atoms with Crippen LogP contribution >= 0.6 is 0 Å². The van der Waals surface area contributed by atoms with Crippen molar-refractivity contribution in [3.05, 3.63) is 0 Å². The van der Waals surface area contributed by atoms with Gasteiger partial charge in [-0.1, -0.05) is 0 Å². The lowest BCUT2D eigenvalue weighted by Crippen LogP contribution is -2.48.